The molecule has 0 atom stereocenters. The van der Waals surface area contributed by atoms with Crippen molar-refractivity contribution >= 4 is 22.8 Å². The minimum atomic E-state index is -1.71. The van der Waals surface area contributed by atoms with Crippen molar-refractivity contribution < 1.29 is 32.9 Å². The summed E-state index contributed by atoms with van der Waals surface area (Å²) in [6.45, 7) is 0.252. The van der Waals surface area contributed by atoms with Crippen molar-refractivity contribution in [3.63, 3.8) is 0 Å². The van der Waals surface area contributed by atoms with Gasteiger partial charge in [-0.25, -0.2) is 9.18 Å². The zero-order chi connectivity index (χ0) is 20.5. The van der Waals surface area contributed by atoms with E-state index in [4.69, 9.17) is 14.6 Å². The standard InChI is InChI=1S/C20H13F2NO6/c21-14-6-13-17-19(16(14)22)28-10-12(9-27-8-11-4-2-1-3-5-11)23(17)7-15(18(13)24)29-20(25)26/h1-7,10H,8-9H2,(H,25,26). The van der Waals surface area contributed by atoms with Gasteiger partial charge in [-0.15, -0.1) is 0 Å². The number of halogens is 2. The normalized spacial score (nSPS) is 12.4. The summed E-state index contributed by atoms with van der Waals surface area (Å²) in [4.78, 5) is 23.4. The molecule has 2 heterocycles. The Morgan fingerprint density at radius 3 is 2.66 bits per heavy atom. The third-order valence-corrected chi connectivity index (χ3v) is 4.29. The number of ether oxygens (including phenoxy) is 3. The van der Waals surface area contributed by atoms with Crippen LogP contribution in [-0.4, -0.2) is 22.4 Å². The fourth-order valence-corrected chi connectivity index (χ4v) is 3.01. The second kappa shape index (κ2) is 7.36. The first-order valence-electron chi connectivity index (χ1n) is 8.41. The topological polar surface area (TPSA) is 87.0 Å². The quantitative estimate of drug-likeness (QED) is 0.656. The van der Waals surface area contributed by atoms with Gasteiger partial charge in [-0.3, -0.25) is 4.79 Å². The molecule has 1 aliphatic heterocycles. The van der Waals surface area contributed by atoms with Gasteiger partial charge in [0.2, 0.25) is 11.2 Å². The van der Waals surface area contributed by atoms with E-state index in [2.05, 4.69) is 4.74 Å². The number of rotatable bonds is 5. The van der Waals surface area contributed by atoms with Crippen LogP contribution in [0.25, 0.3) is 16.6 Å². The summed E-state index contributed by atoms with van der Waals surface area (Å²) in [7, 11) is 0. The summed E-state index contributed by atoms with van der Waals surface area (Å²) in [5, 5.41) is 8.57. The molecule has 0 saturated heterocycles. The summed E-state index contributed by atoms with van der Waals surface area (Å²) in [5.41, 5.74) is 0.291. The van der Waals surface area contributed by atoms with Gasteiger partial charge < -0.3 is 23.9 Å². The highest BCUT2D eigenvalue weighted by Gasteiger charge is 2.26. The molecule has 1 aromatic heterocycles. The summed E-state index contributed by atoms with van der Waals surface area (Å²) in [6, 6.07) is 10.0. The molecule has 0 fully saturated rings. The number of pyridine rings is 1. The predicted octanol–water partition coefficient (Wildman–Crippen LogP) is 3.74. The molecule has 1 N–H and O–H groups in total. The van der Waals surface area contributed by atoms with Crippen molar-refractivity contribution in [2.45, 2.75) is 6.61 Å². The number of benzene rings is 2. The maximum atomic E-state index is 14.2. The Kier molecular flexibility index (Phi) is 4.73. The van der Waals surface area contributed by atoms with Gasteiger partial charge in [0.25, 0.3) is 0 Å². The maximum Gasteiger partial charge on any atom is 0.511 e. The number of aromatic nitrogens is 1. The Labute approximate surface area is 162 Å². The first-order valence-corrected chi connectivity index (χ1v) is 8.41. The Hall–Kier alpha value is -3.72. The van der Waals surface area contributed by atoms with Gasteiger partial charge in [0.1, 0.15) is 11.8 Å². The second-order valence-corrected chi connectivity index (χ2v) is 6.16. The van der Waals surface area contributed by atoms with Crippen molar-refractivity contribution in [1.29, 1.82) is 0 Å². The maximum absolute atomic E-state index is 14.2. The third kappa shape index (κ3) is 3.43. The van der Waals surface area contributed by atoms with Crippen LogP contribution in [0.5, 0.6) is 11.5 Å². The second-order valence-electron chi connectivity index (χ2n) is 6.16. The summed E-state index contributed by atoms with van der Waals surface area (Å²) in [6.07, 6.45) is 0.513. The fourth-order valence-electron chi connectivity index (χ4n) is 3.01. The summed E-state index contributed by atoms with van der Waals surface area (Å²) < 4.78 is 44.8. The van der Waals surface area contributed by atoms with E-state index in [0.717, 1.165) is 18.0 Å². The van der Waals surface area contributed by atoms with E-state index >= 15 is 0 Å². The van der Waals surface area contributed by atoms with Crippen molar-refractivity contribution in [2.24, 2.45) is 0 Å². The largest absolute Gasteiger partial charge is 0.511 e. The molecule has 2 aromatic carbocycles. The Morgan fingerprint density at radius 2 is 1.93 bits per heavy atom. The third-order valence-electron chi connectivity index (χ3n) is 4.29. The van der Waals surface area contributed by atoms with Crippen molar-refractivity contribution in [2.75, 3.05) is 6.61 Å². The Bertz CT molecular complexity index is 1200. The zero-order valence-corrected chi connectivity index (χ0v) is 14.7. The number of nitrogens with zero attached hydrogens (tertiary/aromatic N) is 1. The minimum Gasteiger partial charge on any atom is -0.458 e. The van der Waals surface area contributed by atoms with Gasteiger partial charge in [0, 0.05) is 0 Å². The summed E-state index contributed by atoms with van der Waals surface area (Å²) >= 11 is 0. The highest BCUT2D eigenvalue weighted by atomic mass is 19.2. The lowest BCUT2D eigenvalue weighted by molar-refractivity contribution is 0.143. The number of carbonyl (C=O) groups is 1. The first-order chi connectivity index (χ1) is 14.0. The van der Waals surface area contributed by atoms with Gasteiger partial charge >= 0.3 is 6.16 Å². The van der Waals surface area contributed by atoms with Gasteiger partial charge in [-0.2, -0.15) is 4.39 Å². The van der Waals surface area contributed by atoms with Crippen LogP contribution in [0.15, 0.2) is 53.7 Å². The van der Waals surface area contributed by atoms with Crippen LogP contribution in [0.1, 0.15) is 5.56 Å². The number of hydrogen-bond acceptors (Lipinski definition) is 5. The molecule has 9 heteroatoms. The minimum absolute atomic E-state index is 0.0161. The van der Waals surface area contributed by atoms with Gasteiger partial charge in [0.05, 0.1) is 30.5 Å². The highest BCUT2D eigenvalue weighted by Crippen LogP contribution is 2.35. The highest BCUT2D eigenvalue weighted by molar-refractivity contribution is 5.90. The Balaban J connectivity index is 1.76. The van der Waals surface area contributed by atoms with Crippen LogP contribution >= 0.6 is 0 Å². The van der Waals surface area contributed by atoms with Crippen LogP contribution in [-0.2, 0) is 11.3 Å². The van der Waals surface area contributed by atoms with Crippen molar-refractivity contribution in [3.8, 4) is 11.5 Å². The van der Waals surface area contributed by atoms with Crippen molar-refractivity contribution in [1.82, 2.24) is 4.57 Å². The summed E-state index contributed by atoms with van der Waals surface area (Å²) in [5.74, 6) is -3.61. The molecule has 0 aliphatic carbocycles. The molecule has 0 amide bonds. The average Bonchev–Trinajstić information content (AvgIpc) is 2.70. The number of hydrogen-bond donors (Lipinski definition) is 1. The van der Waals surface area contributed by atoms with Crippen LogP contribution < -0.4 is 14.9 Å². The molecule has 7 nitrogen and oxygen atoms in total. The number of carboxylic acid groups (broad SMARTS) is 1. The van der Waals surface area contributed by atoms with Gasteiger partial charge in [-0.05, 0) is 11.6 Å². The lowest BCUT2D eigenvalue weighted by Gasteiger charge is -2.22. The zero-order valence-electron chi connectivity index (χ0n) is 14.7. The molecule has 148 valence electrons. The SMILES string of the molecule is O=C(O)Oc1cn2c3c(c(F)c(F)cc3c1=O)OC=C2COCc1ccccc1. The van der Waals surface area contributed by atoms with E-state index < -0.39 is 34.7 Å². The van der Waals surface area contributed by atoms with Gasteiger partial charge in [-0.1, -0.05) is 30.3 Å². The first kappa shape index (κ1) is 18.6. The molecule has 29 heavy (non-hydrogen) atoms. The molecule has 0 radical (unpaired) electrons. The monoisotopic (exact) mass is 401 g/mol. The van der Waals surface area contributed by atoms with Crippen LogP contribution in [0.4, 0.5) is 13.6 Å². The van der Waals surface area contributed by atoms with Crippen LogP contribution in [0.2, 0.25) is 0 Å². The Morgan fingerprint density at radius 1 is 1.17 bits per heavy atom. The predicted molar refractivity (Wildman–Crippen MR) is 97.8 cm³/mol. The lowest BCUT2D eigenvalue weighted by atomic mass is 10.1. The van der Waals surface area contributed by atoms with E-state index in [9.17, 15) is 18.4 Å². The van der Waals surface area contributed by atoms with E-state index in [1.54, 1.807) is 0 Å². The molecule has 0 spiro atoms. The van der Waals surface area contributed by atoms with E-state index in [1.807, 2.05) is 30.3 Å². The molecular formula is C20H13F2NO6. The molecule has 0 bridgehead atoms. The smallest absolute Gasteiger partial charge is 0.458 e. The average molecular weight is 401 g/mol. The van der Waals surface area contributed by atoms with Crippen LogP contribution in [0.3, 0.4) is 0 Å². The molecule has 0 unspecified atom stereocenters. The fraction of sp³-hybridized carbons (Fsp3) is 0.100. The van der Waals surface area contributed by atoms with Gasteiger partial charge in [0.15, 0.2) is 17.3 Å². The molecule has 3 aromatic rings. The molecular weight excluding hydrogens is 388 g/mol. The molecule has 1 aliphatic rings. The van der Waals surface area contributed by atoms with Crippen molar-refractivity contribution in [3.05, 3.63) is 76.3 Å². The molecule has 4 rings (SSSR count). The van der Waals surface area contributed by atoms with Crippen LogP contribution in [0, 0.1) is 11.6 Å². The lowest BCUT2D eigenvalue weighted by Crippen LogP contribution is -2.20. The van der Waals surface area contributed by atoms with E-state index in [0.29, 0.717) is 11.8 Å². The van der Waals surface area contributed by atoms with E-state index in [1.165, 1.54) is 4.57 Å². The van der Waals surface area contributed by atoms with E-state index in [-0.39, 0.29) is 24.1 Å². The molecule has 0 saturated carbocycles.